The Bertz CT molecular complexity index is 611. The van der Waals surface area contributed by atoms with E-state index in [0.717, 1.165) is 5.56 Å². The highest BCUT2D eigenvalue weighted by Crippen LogP contribution is 2.32. The van der Waals surface area contributed by atoms with Crippen molar-refractivity contribution in [2.45, 2.75) is 13.0 Å². The number of fused-ring (bicyclic) bond motifs is 1. The molecule has 1 heterocycles. The molecule has 1 atom stereocenters. The van der Waals surface area contributed by atoms with Crippen molar-refractivity contribution >= 4 is 17.9 Å². The van der Waals surface area contributed by atoms with Crippen molar-refractivity contribution in [1.29, 1.82) is 10.5 Å². The zero-order valence-corrected chi connectivity index (χ0v) is 11.0. The highest BCUT2D eigenvalue weighted by Gasteiger charge is 2.34. The summed E-state index contributed by atoms with van der Waals surface area (Å²) in [4.78, 5) is 13.5. The Morgan fingerprint density at radius 2 is 2.10 bits per heavy atom. The van der Waals surface area contributed by atoms with Crippen LogP contribution < -0.4 is 4.90 Å². The summed E-state index contributed by atoms with van der Waals surface area (Å²) in [7, 11) is 0. The number of amides is 1. The lowest BCUT2D eigenvalue weighted by molar-refractivity contribution is 0.157. The van der Waals surface area contributed by atoms with Crippen molar-refractivity contribution in [1.82, 2.24) is 0 Å². The first kappa shape index (κ1) is 13.6. The second kappa shape index (κ2) is 5.90. The average molecular weight is 267 g/mol. The predicted octanol–water partition coefficient (Wildman–Crippen LogP) is 2.71. The molecule has 1 unspecified atom stereocenters. The van der Waals surface area contributed by atoms with Crippen molar-refractivity contribution in [3.63, 3.8) is 0 Å². The third-order valence-electron chi connectivity index (χ3n) is 3.05. The van der Waals surface area contributed by atoms with E-state index in [4.69, 9.17) is 15.3 Å². The van der Waals surface area contributed by atoms with E-state index in [1.165, 1.54) is 4.90 Å². The molecule has 5 nitrogen and oxygen atoms in total. The van der Waals surface area contributed by atoms with E-state index < -0.39 is 18.1 Å². The van der Waals surface area contributed by atoms with Gasteiger partial charge in [-0.25, -0.2) is 4.79 Å². The minimum Gasteiger partial charge on any atom is -0.449 e. The van der Waals surface area contributed by atoms with Crippen LogP contribution in [0.1, 0.15) is 12.5 Å². The average Bonchev–Trinajstić information content (AvgIpc) is 2.48. The van der Waals surface area contributed by atoms with Gasteiger partial charge in [-0.2, -0.15) is 10.5 Å². The molecule has 0 saturated heterocycles. The zero-order valence-electron chi connectivity index (χ0n) is 11.0. The molecule has 0 bridgehead atoms. The van der Waals surface area contributed by atoms with E-state index in [0.29, 0.717) is 5.69 Å². The van der Waals surface area contributed by atoms with Gasteiger partial charge in [-0.05, 0) is 18.6 Å². The van der Waals surface area contributed by atoms with Gasteiger partial charge in [0.15, 0.2) is 5.92 Å². The van der Waals surface area contributed by atoms with Gasteiger partial charge in [0, 0.05) is 0 Å². The molecule has 0 radical (unpaired) electrons. The number of benzene rings is 1. The number of anilines is 1. The Morgan fingerprint density at radius 3 is 2.75 bits per heavy atom. The molecule has 0 spiro atoms. The summed E-state index contributed by atoms with van der Waals surface area (Å²) >= 11 is 0. The van der Waals surface area contributed by atoms with Crippen LogP contribution in [0.4, 0.5) is 10.5 Å². The molecule has 0 fully saturated rings. The molecule has 1 amide bonds. The normalized spacial score (nSPS) is 16.2. The van der Waals surface area contributed by atoms with Crippen molar-refractivity contribution in [2.24, 2.45) is 5.92 Å². The van der Waals surface area contributed by atoms with Crippen molar-refractivity contribution in [2.75, 3.05) is 11.5 Å². The fourth-order valence-electron chi connectivity index (χ4n) is 2.15. The number of hydrogen-bond acceptors (Lipinski definition) is 4. The van der Waals surface area contributed by atoms with Gasteiger partial charge >= 0.3 is 6.09 Å². The Morgan fingerprint density at radius 1 is 1.40 bits per heavy atom. The van der Waals surface area contributed by atoms with Gasteiger partial charge < -0.3 is 4.74 Å². The largest absolute Gasteiger partial charge is 0.449 e. The van der Waals surface area contributed by atoms with Gasteiger partial charge in [-0.1, -0.05) is 30.4 Å². The number of rotatable bonds is 2. The molecule has 0 saturated carbocycles. The maximum atomic E-state index is 12.2. The Kier molecular flexibility index (Phi) is 4.02. The molecule has 100 valence electrons. The Hall–Kier alpha value is -2.79. The predicted molar refractivity (Wildman–Crippen MR) is 73.5 cm³/mol. The van der Waals surface area contributed by atoms with Crippen LogP contribution >= 0.6 is 0 Å². The van der Waals surface area contributed by atoms with Crippen LogP contribution in [0.25, 0.3) is 6.08 Å². The van der Waals surface area contributed by atoms with Crippen LogP contribution in [-0.4, -0.2) is 18.7 Å². The number of carbonyl (C=O) groups is 1. The molecule has 0 aromatic heterocycles. The molecule has 0 aliphatic carbocycles. The maximum Gasteiger partial charge on any atom is 0.414 e. The molecular formula is C15H13N3O2. The number of hydrogen-bond donors (Lipinski definition) is 0. The van der Waals surface area contributed by atoms with Gasteiger partial charge in [0.2, 0.25) is 0 Å². The van der Waals surface area contributed by atoms with Crippen molar-refractivity contribution < 1.29 is 9.53 Å². The second-order valence-electron chi connectivity index (χ2n) is 4.21. The first-order valence-electron chi connectivity index (χ1n) is 6.25. The molecule has 0 N–H and O–H groups in total. The van der Waals surface area contributed by atoms with Crippen molar-refractivity contribution in [3.8, 4) is 12.1 Å². The van der Waals surface area contributed by atoms with Crippen LogP contribution in [0.2, 0.25) is 0 Å². The first-order valence-corrected chi connectivity index (χ1v) is 6.25. The summed E-state index contributed by atoms with van der Waals surface area (Å²) in [5.41, 5.74) is 1.50. The van der Waals surface area contributed by atoms with E-state index in [1.54, 1.807) is 25.1 Å². The molecule has 20 heavy (non-hydrogen) atoms. The smallest absolute Gasteiger partial charge is 0.414 e. The highest BCUT2D eigenvalue weighted by molar-refractivity contribution is 5.93. The lowest BCUT2D eigenvalue weighted by Crippen LogP contribution is -2.45. The van der Waals surface area contributed by atoms with Gasteiger partial charge in [0.25, 0.3) is 0 Å². The molecule has 1 aliphatic rings. The fourth-order valence-corrected chi connectivity index (χ4v) is 2.15. The van der Waals surface area contributed by atoms with Gasteiger partial charge in [-0.3, -0.25) is 4.90 Å². The maximum absolute atomic E-state index is 12.2. The van der Waals surface area contributed by atoms with Crippen LogP contribution in [0.3, 0.4) is 0 Å². The number of nitriles is 2. The monoisotopic (exact) mass is 267 g/mol. The standard InChI is InChI=1S/C15H13N3O2/c1-2-20-15(19)18-13-6-4-3-5-11(13)7-8-14(18)12(9-16)10-17/h3-8,12,14H,2H2,1H3. The van der Waals surface area contributed by atoms with Gasteiger partial charge in [0.05, 0.1) is 30.5 Å². The zero-order chi connectivity index (χ0) is 14.5. The summed E-state index contributed by atoms with van der Waals surface area (Å²) in [6.07, 6.45) is 2.96. The second-order valence-corrected chi connectivity index (χ2v) is 4.21. The minimum atomic E-state index is -0.941. The summed E-state index contributed by atoms with van der Waals surface area (Å²) < 4.78 is 5.04. The van der Waals surface area contributed by atoms with Crippen LogP contribution in [0, 0.1) is 28.6 Å². The van der Waals surface area contributed by atoms with Gasteiger partial charge in [-0.15, -0.1) is 0 Å². The number of nitrogens with zero attached hydrogens (tertiary/aromatic N) is 3. The van der Waals surface area contributed by atoms with Crippen LogP contribution in [-0.2, 0) is 4.74 Å². The van der Waals surface area contributed by atoms with E-state index in [-0.39, 0.29) is 6.61 Å². The van der Waals surface area contributed by atoms with E-state index in [1.807, 2.05) is 30.3 Å². The third kappa shape index (κ3) is 2.34. The minimum absolute atomic E-state index is 0.234. The number of ether oxygens (including phenoxy) is 1. The van der Waals surface area contributed by atoms with E-state index in [2.05, 4.69) is 0 Å². The third-order valence-corrected chi connectivity index (χ3v) is 3.05. The molecule has 5 heteroatoms. The highest BCUT2D eigenvalue weighted by atomic mass is 16.6. The topological polar surface area (TPSA) is 77.1 Å². The summed E-state index contributed by atoms with van der Waals surface area (Å²) in [5.74, 6) is -0.941. The number of para-hydroxylation sites is 1. The number of carbonyl (C=O) groups excluding carboxylic acids is 1. The lowest BCUT2D eigenvalue weighted by atomic mass is 9.95. The lowest BCUT2D eigenvalue weighted by Gasteiger charge is -2.33. The summed E-state index contributed by atoms with van der Waals surface area (Å²) in [6, 6.07) is 10.5. The van der Waals surface area contributed by atoms with E-state index >= 15 is 0 Å². The molecule has 2 rings (SSSR count). The Balaban J connectivity index is 2.48. The first-order chi connectivity index (χ1) is 9.72. The summed E-state index contributed by atoms with van der Waals surface area (Å²) in [6.45, 7) is 1.95. The van der Waals surface area contributed by atoms with Crippen molar-refractivity contribution in [3.05, 3.63) is 35.9 Å². The quantitative estimate of drug-likeness (QED) is 0.825. The van der Waals surface area contributed by atoms with Crippen LogP contribution in [0.15, 0.2) is 30.3 Å². The fraction of sp³-hybridized carbons (Fsp3) is 0.267. The summed E-state index contributed by atoms with van der Waals surface area (Å²) in [5, 5.41) is 18.1. The van der Waals surface area contributed by atoms with E-state index in [9.17, 15) is 4.79 Å². The van der Waals surface area contributed by atoms with Gasteiger partial charge in [0.1, 0.15) is 0 Å². The molecule has 1 aliphatic heterocycles. The Labute approximate surface area is 117 Å². The molecular weight excluding hydrogens is 254 g/mol. The molecule has 1 aromatic rings. The SMILES string of the molecule is CCOC(=O)N1c2ccccc2C=CC1C(C#N)C#N. The van der Waals surface area contributed by atoms with Crippen LogP contribution in [0.5, 0.6) is 0 Å². The molecule has 1 aromatic carbocycles.